The number of nitrogens with zero attached hydrogens (tertiary/aromatic N) is 2. The van der Waals surface area contributed by atoms with Gasteiger partial charge in [0.05, 0.1) is 24.8 Å². The zero-order valence-corrected chi connectivity index (χ0v) is 9.66. The molecule has 0 aliphatic heterocycles. The number of aromatic nitrogens is 2. The van der Waals surface area contributed by atoms with Crippen LogP contribution < -0.4 is 5.32 Å². The minimum atomic E-state index is -4.36. The van der Waals surface area contributed by atoms with E-state index in [1.165, 1.54) is 4.68 Å². The summed E-state index contributed by atoms with van der Waals surface area (Å²) in [6.07, 6.45) is -2.60. The summed E-state index contributed by atoms with van der Waals surface area (Å²) in [7, 11) is 1.78. The molecule has 0 bridgehead atoms. The third-order valence-electron chi connectivity index (χ3n) is 2.35. The zero-order chi connectivity index (χ0) is 13.2. The Morgan fingerprint density at radius 3 is 2.67 bits per heavy atom. The molecule has 0 atom stereocenters. The maximum atomic E-state index is 12.4. The Hall–Kier alpha value is -1.76. The molecule has 0 aliphatic carbocycles. The lowest BCUT2D eigenvalue weighted by Gasteiger charge is -2.01. The molecule has 0 fully saturated rings. The number of nitrogens with one attached hydrogen (secondary N) is 1. The third kappa shape index (κ3) is 2.92. The number of hydrogen-bond donors (Lipinski definition) is 1. The fraction of sp³-hybridized carbons (Fsp3) is 0.364. The molecule has 4 nitrogen and oxygen atoms in total. The number of furan rings is 1. The predicted octanol–water partition coefficient (Wildman–Crippen LogP) is 2.26. The van der Waals surface area contributed by atoms with Crippen LogP contribution in [-0.2, 0) is 19.3 Å². The first kappa shape index (κ1) is 12.7. The van der Waals surface area contributed by atoms with Crippen molar-refractivity contribution in [1.29, 1.82) is 0 Å². The number of rotatable bonds is 4. The molecule has 1 N–H and O–H groups in total. The molecule has 0 aliphatic rings. The molecule has 0 spiro atoms. The summed E-state index contributed by atoms with van der Waals surface area (Å²) >= 11 is 0. The van der Waals surface area contributed by atoms with E-state index in [1.807, 2.05) is 0 Å². The monoisotopic (exact) mass is 259 g/mol. The molecular formula is C11H12F3N3O. The molecule has 2 aromatic heterocycles. The van der Waals surface area contributed by atoms with Gasteiger partial charge in [0.2, 0.25) is 0 Å². The Balaban J connectivity index is 2.06. The molecule has 18 heavy (non-hydrogen) atoms. The maximum absolute atomic E-state index is 12.4. The smallest absolute Gasteiger partial charge is 0.419 e. The summed E-state index contributed by atoms with van der Waals surface area (Å²) in [5, 5.41) is 6.57. The van der Waals surface area contributed by atoms with E-state index in [-0.39, 0.29) is 6.54 Å². The average Bonchev–Trinajstić information content (AvgIpc) is 2.88. The summed E-state index contributed by atoms with van der Waals surface area (Å²) in [4.78, 5) is 0. The molecule has 2 rings (SSSR count). The van der Waals surface area contributed by atoms with Gasteiger partial charge in [-0.25, -0.2) is 0 Å². The Morgan fingerprint density at radius 2 is 2.06 bits per heavy atom. The molecular weight excluding hydrogens is 247 g/mol. The molecule has 98 valence electrons. The molecule has 0 amide bonds. The van der Waals surface area contributed by atoms with Gasteiger partial charge in [-0.2, -0.15) is 18.3 Å². The van der Waals surface area contributed by atoms with E-state index in [4.69, 9.17) is 4.42 Å². The lowest BCUT2D eigenvalue weighted by atomic mass is 10.3. The summed E-state index contributed by atoms with van der Waals surface area (Å²) < 4.78 is 43.7. The van der Waals surface area contributed by atoms with Gasteiger partial charge >= 0.3 is 6.18 Å². The third-order valence-corrected chi connectivity index (χ3v) is 2.35. The van der Waals surface area contributed by atoms with Crippen molar-refractivity contribution in [2.45, 2.75) is 19.3 Å². The molecule has 0 unspecified atom stereocenters. The fourth-order valence-electron chi connectivity index (χ4n) is 1.53. The SMILES string of the molecule is CNCc1ccc(Cn2cc(C(F)(F)F)cn2)o1. The van der Waals surface area contributed by atoms with Gasteiger partial charge in [0.25, 0.3) is 0 Å². The van der Waals surface area contributed by atoms with Gasteiger partial charge in [-0.15, -0.1) is 0 Å². The van der Waals surface area contributed by atoms with Crippen LogP contribution in [0.4, 0.5) is 13.2 Å². The van der Waals surface area contributed by atoms with Crippen LogP contribution in [0.25, 0.3) is 0 Å². The Morgan fingerprint density at radius 1 is 1.33 bits per heavy atom. The van der Waals surface area contributed by atoms with E-state index in [9.17, 15) is 13.2 Å². The fourth-order valence-corrected chi connectivity index (χ4v) is 1.53. The van der Waals surface area contributed by atoms with Gasteiger partial charge in [-0.1, -0.05) is 0 Å². The van der Waals surface area contributed by atoms with Crippen molar-refractivity contribution in [3.05, 3.63) is 41.6 Å². The van der Waals surface area contributed by atoms with Crippen LogP contribution in [-0.4, -0.2) is 16.8 Å². The van der Waals surface area contributed by atoms with E-state index in [0.29, 0.717) is 12.3 Å². The van der Waals surface area contributed by atoms with Gasteiger partial charge in [0.15, 0.2) is 0 Å². The number of alkyl halides is 3. The normalized spacial score (nSPS) is 12.0. The second-order valence-corrected chi connectivity index (χ2v) is 3.82. The van der Waals surface area contributed by atoms with E-state index in [0.717, 1.165) is 18.2 Å². The van der Waals surface area contributed by atoms with Gasteiger partial charge in [0, 0.05) is 6.20 Å². The highest BCUT2D eigenvalue weighted by Gasteiger charge is 2.32. The van der Waals surface area contributed by atoms with Crippen LogP contribution in [0.1, 0.15) is 17.1 Å². The first-order chi connectivity index (χ1) is 8.49. The lowest BCUT2D eigenvalue weighted by Crippen LogP contribution is -2.04. The van der Waals surface area contributed by atoms with Crippen LogP contribution in [0, 0.1) is 0 Å². The first-order valence-corrected chi connectivity index (χ1v) is 5.31. The van der Waals surface area contributed by atoms with Crippen molar-refractivity contribution in [2.75, 3.05) is 7.05 Å². The molecule has 2 aromatic rings. The molecule has 7 heteroatoms. The van der Waals surface area contributed by atoms with Gasteiger partial charge in [0.1, 0.15) is 11.5 Å². The minimum absolute atomic E-state index is 0.180. The molecule has 0 saturated heterocycles. The number of hydrogen-bond acceptors (Lipinski definition) is 3. The predicted molar refractivity (Wildman–Crippen MR) is 57.8 cm³/mol. The lowest BCUT2D eigenvalue weighted by molar-refractivity contribution is -0.137. The van der Waals surface area contributed by atoms with E-state index >= 15 is 0 Å². The second kappa shape index (κ2) is 4.85. The van der Waals surface area contributed by atoms with Crippen LogP contribution in [0.2, 0.25) is 0 Å². The molecule has 2 heterocycles. The van der Waals surface area contributed by atoms with E-state index in [2.05, 4.69) is 10.4 Å². The Kier molecular flexibility index (Phi) is 3.42. The Labute approximate surface area is 101 Å². The zero-order valence-electron chi connectivity index (χ0n) is 9.66. The van der Waals surface area contributed by atoms with Crippen LogP contribution >= 0.6 is 0 Å². The summed E-state index contributed by atoms with van der Waals surface area (Å²) in [6.45, 7) is 0.757. The number of halogens is 3. The summed E-state index contributed by atoms with van der Waals surface area (Å²) in [6, 6.07) is 3.50. The highest BCUT2D eigenvalue weighted by atomic mass is 19.4. The minimum Gasteiger partial charge on any atom is -0.463 e. The van der Waals surface area contributed by atoms with Crippen LogP contribution in [0.5, 0.6) is 0 Å². The first-order valence-electron chi connectivity index (χ1n) is 5.31. The van der Waals surface area contributed by atoms with E-state index < -0.39 is 11.7 Å². The topological polar surface area (TPSA) is 43.0 Å². The summed E-state index contributed by atoms with van der Waals surface area (Å²) in [5.41, 5.74) is -0.760. The largest absolute Gasteiger partial charge is 0.463 e. The van der Waals surface area contributed by atoms with Crippen LogP contribution in [0.3, 0.4) is 0 Å². The van der Waals surface area contributed by atoms with Gasteiger partial charge < -0.3 is 9.73 Å². The van der Waals surface area contributed by atoms with Crippen molar-refractivity contribution in [3.8, 4) is 0 Å². The maximum Gasteiger partial charge on any atom is 0.419 e. The summed E-state index contributed by atoms with van der Waals surface area (Å²) in [5.74, 6) is 1.30. The van der Waals surface area contributed by atoms with Crippen molar-refractivity contribution >= 4 is 0 Å². The molecule has 0 radical (unpaired) electrons. The second-order valence-electron chi connectivity index (χ2n) is 3.82. The molecule has 0 aromatic carbocycles. The highest BCUT2D eigenvalue weighted by molar-refractivity contribution is 5.11. The average molecular weight is 259 g/mol. The van der Waals surface area contributed by atoms with E-state index in [1.54, 1.807) is 19.2 Å². The quantitative estimate of drug-likeness (QED) is 0.915. The Bertz CT molecular complexity index is 516. The molecule has 0 saturated carbocycles. The van der Waals surface area contributed by atoms with Crippen molar-refractivity contribution in [2.24, 2.45) is 0 Å². The van der Waals surface area contributed by atoms with Gasteiger partial charge in [-0.3, -0.25) is 4.68 Å². The van der Waals surface area contributed by atoms with Gasteiger partial charge in [-0.05, 0) is 19.2 Å². The van der Waals surface area contributed by atoms with Crippen molar-refractivity contribution < 1.29 is 17.6 Å². The highest BCUT2D eigenvalue weighted by Crippen LogP contribution is 2.28. The van der Waals surface area contributed by atoms with Crippen molar-refractivity contribution in [3.63, 3.8) is 0 Å². The standard InChI is InChI=1S/C11H12F3N3O/c1-15-5-9-2-3-10(18-9)7-17-6-8(4-16-17)11(12,13)14/h2-4,6,15H,5,7H2,1H3. The van der Waals surface area contributed by atoms with Crippen LogP contribution in [0.15, 0.2) is 28.9 Å². The van der Waals surface area contributed by atoms with Crippen molar-refractivity contribution in [1.82, 2.24) is 15.1 Å².